The summed E-state index contributed by atoms with van der Waals surface area (Å²) in [6, 6.07) is 5.98. The van der Waals surface area contributed by atoms with E-state index in [-0.39, 0.29) is 6.61 Å². The number of hydrogen-bond donors (Lipinski definition) is 2. The second kappa shape index (κ2) is 6.51. The molecule has 1 aromatic carbocycles. The topological polar surface area (TPSA) is 76.7 Å². The van der Waals surface area contributed by atoms with Gasteiger partial charge in [-0.25, -0.2) is 4.79 Å². The third kappa shape index (κ3) is 4.20. The van der Waals surface area contributed by atoms with E-state index in [1.165, 1.54) is 0 Å². The molecule has 1 heterocycles. The number of imide groups is 1. The van der Waals surface area contributed by atoms with Crippen LogP contribution in [0.3, 0.4) is 0 Å². The lowest BCUT2D eigenvalue weighted by atomic mass is 10.3. The van der Waals surface area contributed by atoms with E-state index in [2.05, 4.69) is 10.6 Å². The summed E-state index contributed by atoms with van der Waals surface area (Å²) in [5.74, 6) is -0.528. The molecule has 0 spiro atoms. The SMILES string of the molecule is O=C(NC(=O)C1COCCO1)Nc1cccc(Cl)c1. The van der Waals surface area contributed by atoms with E-state index in [0.717, 1.165) is 0 Å². The predicted molar refractivity (Wildman–Crippen MR) is 69.2 cm³/mol. The van der Waals surface area contributed by atoms with Crippen molar-refractivity contribution >= 4 is 29.2 Å². The number of ether oxygens (including phenoxy) is 2. The molecule has 1 atom stereocenters. The van der Waals surface area contributed by atoms with Crippen molar-refractivity contribution < 1.29 is 19.1 Å². The highest BCUT2D eigenvalue weighted by Gasteiger charge is 2.24. The first kappa shape index (κ1) is 13.8. The van der Waals surface area contributed by atoms with E-state index >= 15 is 0 Å². The van der Waals surface area contributed by atoms with E-state index < -0.39 is 18.0 Å². The first-order valence-corrected chi connectivity index (χ1v) is 6.10. The molecule has 2 rings (SSSR count). The molecule has 6 nitrogen and oxygen atoms in total. The number of halogens is 1. The average molecular weight is 285 g/mol. The smallest absolute Gasteiger partial charge is 0.325 e. The standard InChI is InChI=1S/C12H13ClN2O4/c13-8-2-1-3-9(6-8)14-12(17)15-11(16)10-7-18-4-5-19-10/h1-3,6,10H,4-5,7H2,(H2,14,15,16,17). The number of benzene rings is 1. The Hall–Kier alpha value is -1.63. The number of amides is 3. The summed E-state index contributed by atoms with van der Waals surface area (Å²) in [6.45, 7) is 0.947. The Bertz CT molecular complexity index is 475. The van der Waals surface area contributed by atoms with Gasteiger partial charge in [0.25, 0.3) is 5.91 Å². The van der Waals surface area contributed by atoms with E-state index in [1.807, 2.05) is 0 Å². The maximum Gasteiger partial charge on any atom is 0.325 e. The van der Waals surface area contributed by atoms with Crippen molar-refractivity contribution in [1.82, 2.24) is 5.32 Å². The van der Waals surface area contributed by atoms with Crippen LogP contribution in [-0.2, 0) is 14.3 Å². The summed E-state index contributed by atoms with van der Waals surface area (Å²) in [6.07, 6.45) is -0.751. The van der Waals surface area contributed by atoms with Crippen LogP contribution >= 0.6 is 11.6 Å². The van der Waals surface area contributed by atoms with Crippen molar-refractivity contribution in [1.29, 1.82) is 0 Å². The molecule has 1 fully saturated rings. The first-order chi connectivity index (χ1) is 9.15. The fourth-order valence-electron chi connectivity index (χ4n) is 1.56. The summed E-state index contributed by atoms with van der Waals surface area (Å²) in [4.78, 5) is 23.3. The number of anilines is 1. The number of carbonyl (C=O) groups is 2. The predicted octanol–water partition coefficient (Wildman–Crippen LogP) is 1.40. The Morgan fingerprint density at radius 1 is 1.32 bits per heavy atom. The number of nitrogens with one attached hydrogen (secondary N) is 2. The zero-order chi connectivity index (χ0) is 13.7. The van der Waals surface area contributed by atoms with Gasteiger partial charge in [-0.05, 0) is 18.2 Å². The van der Waals surface area contributed by atoms with Gasteiger partial charge in [0.05, 0.1) is 19.8 Å². The zero-order valence-electron chi connectivity index (χ0n) is 10.0. The van der Waals surface area contributed by atoms with E-state index in [0.29, 0.717) is 23.9 Å². The molecule has 0 radical (unpaired) electrons. The van der Waals surface area contributed by atoms with Gasteiger partial charge in [0.15, 0.2) is 6.10 Å². The maximum atomic E-state index is 11.7. The molecule has 0 saturated carbocycles. The molecule has 3 amide bonds. The van der Waals surface area contributed by atoms with Gasteiger partial charge in [-0.1, -0.05) is 17.7 Å². The lowest BCUT2D eigenvalue weighted by Crippen LogP contribution is -2.46. The third-order valence-electron chi connectivity index (χ3n) is 2.43. The van der Waals surface area contributed by atoms with Gasteiger partial charge in [0, 0.05) is 10.7 Å². The summed E-state index contributed by atoms with van der Waals surface area (Å²) < 4.78 is 10.3. The van der Waals surface area contributed by atoms with Crippen molar-refractivity contribution in [2.45, 2.75) is 6.10 Å². The Balaban J connectivity index is 1.85. The van der Waals surface area contributed by atoms with E-state index in [4.69, 9.17) is 21.1 Å². The monoisotopic (exact) mass is 284 g/mol. The van der Waals surface area contributed by atoms with Crippen molar-refractivity contribution in [2.75, 3.05) is 25.1 Å². The normalized spacial score (nSPS) is 18.7. The second-order valence-electron chi connectivity index (χ2n) is 3.89. The van der Waals surface area contributed by atoms with Crippen LogP contribution in [0.5, 0.6) is 0 Å². The van der Waals surface area contributed by atoms with Crippen LogP contribution < -0.4 is 10.6 Å². The Kier molecular flexibility index (Phi) is 4.73. The summed E-state index contributed by atoms with van der Waals surface area (Å²) in [5.41, 5.74) is 0.499. The Morgan fingerprint density at radius 3 is 2.84 bits per heavy atom. The third-order valence-corrected chi connectivity index (χ3v) is 2.66. The Morgan fingerprint density at radius 2 is 2.16 bits per heavy atom. The molecule has 1 unspecified atom stereocenters. The quantitative estimate of drug-likeness (QED) is 0.861. The van der Waals surface area contributed by atoms with Gasteiger partial charge in [0.1, 0.15) is 0 Å². The summed E-state index contributed by atoms with van der Waals surface area (Å²) >= 11 is 5.78. The highest BCUT2D eigenvalue weighted by Crippen LogP contribution is 2.14. The fraction of sp³-hybridized carbons (Fsp3) is 0.333. The molecule has 1 saturated heterocycles. The molecule has 1 aliphatic rings. The summed E-state index contributed by atoms with van der Waals surface area (Å²) in [5, 5.41) is 5.18. The number of hydrogen-bond acceptors (Lipinski definition) is 4. The van der Waals surface area contributed by atoms with Gasteiger partial charge in [0.2, 0.25) is 0 Å². The van der Waals surface area contributed by atoms with Crippen molar-refractivity contribution in [3.8, 4) is 0 Å². The van der Waals surface area contributed by atoms with Crippen LogP contribution in [0.25, 0.3) is 0 Å². The van der Waals surface area contributed by atoms with Gasteiger partial charge < -0.3 is 14.8 Å². The minimum absolute atomic E-state index is 0.149. The van der Waals surface area contributed by atoms with Crippen molar-refractivity contribution in [2.24, 2.45) is 0 Å². The highest BCUT2D eigenvalue weighted by atomic mass is 35.5. The fourth-order valence-corrected chi connectivity index (χ4v) is 1.75. The minimum Gasteiger partial charge on any atom is -0.376 e. The average Bonchev–Trinajstić information content (AvgIpc) is 2.39. The van der Waals surface area contributed by atoms with Gasteiger partial charge in [-0.2, -0.15) is 0 Å². The molecule has 2 N–H and O–H groups in total. The van der Waals surface area contributed by atoms with Crippen LogP contribution in [-0.4, -0.2) is 37.9 Å². The van der Waals surface area contributed by atoms with Crippen molar-refractivity contribution in [3.63, 3.8) is 0 Å². The van der Waals surface area contributed by atoms with Gasteiger partial charge in [-0.15, -0.1) is 0 Å². The molecular formula is C12H13ClN2O4. The molecule has 102 valence electrons. The molecule has 0 bridgehead atoms. The highest BCUT2D eigenvalue weighted by molar-refractivity contribution is 6.30. The number of urea groups is 1. The molecule has 1 aliphatic heterocycles. The second-order valence-corrected chi connectivity index (χ2v) is 4.32. The molecule has 19 heavy (non-hydrogen) atoms. The van der Waals surface area contributed by atoms with E-state index in [1.54, 1.807) is 24.3 Å². The molecule has 0 aliphatic carbocycles. The minimum atomic E-state index is -0.751. The molecular weight excluding hydrogens is 272 g/mol. The van der Waals surface area contributed by atoms with Crippen LogP contribution in [0.2, 0.25) is 5.02 Å². The number of carbonyl (C=O) groups excluding carboxylic acids is 2. The van der Waals surface area contributed by atoms with Crippen molar-refractivity contribution in [3.05, 3.63) is 29.3 Å². The number of rotatable bonds is 2. The maximum absolute atomic E-state index is 11.7. The summed E-state index contributed by atoms with van der Waals surface area (Å²) in [7, 11) is 0. The zero-order valence-corrected chi connectivity index (χ0v) is 10.8. The largest absolute Gasteiger partial charge is 0.376 e. The molecule has 1 aromatic rings. The van der Waals surface area contributed by atoms with Crippen LogP contribution in [0.15, 0.2) is 24.3 Å². The lowest BCUT2D eigenvalue weighted by Gasteiger charge is -2.21. The van der Waals surface area contributed by atoms with Gasteiger partial charge in [-0.3, -0.25) is 10.1 Å². The molecule has 7 heteroatoms. The molecule has 0 aromatic heterocycles. The van der Waals surface area contributed by atoms with Crippen LogP contribution in [0, 0.1) is 0 Å². The lowest BCUT2D eigenvalue weighted by molar-refractivity contribution is -0.146. The van der Waals surface area contributed by atoms with Crippen LogP contribution in [0.1, 0.15) is 0 Å². The van der Waals surface area contributed by atoms with Gasteiger partial charge >= 0.3 is 6.03 Å². The first-order valence-electron chi connectivity index (χ1n) is 5.72. The van der Waals surface area contributed by atoms with E-state index in [9.17, 15) is 9.59 Å². The Labute approximate surface area is 115 Å². The van der Waals surface area contributed by atoms with Crippen LogP contribution in [0.4, 0.5) is 10.5 Å².